The summed E-state index contributed by atoms with van der Waals surface area (Å²) >= 11 is 1.67. The molecule has 5 nitrogen and oxygen atoms in total. The molecule has 1 aromatic carbocycles. The van der Waals surface area contributed by atoms with E-state index in [9.17, 15) is 9.59 Å². The van der Waals surface area contributed by atoms with Crippen molar-refractivity contribution < 1.29 is 9.59 Å². The van der Waals surface area contributed by atoms with Gasteiger partial charge in [0.05, 0.1) is 0 Å². The Morgan fingerprint density at radius 2 is 1.93 bits per heavy atom. The van der Waals surface area contributed by atoms with E-state index >= 15 is 0 Å². The Hall–Kier alpha value is -1.89. The van der Waals surface area contributed by atoms with Gasteiger partial charge in [0.15, 0.2) is 0 Å². The normalized spacial score (nSPS) is 19.5. The van der Waals surface area contributed by atoms with Crippen LogP contribution < -0.4 is 10.6 Å². The fourth-order valence-corrected chi connectivity index (χ4v) is 4.86. The van der Waals surface area contributed by atoms with E-state index < -0.39 is 0 Å². The van der Waals surface area contributed by atoms with Crippen molar-refractivity contribution in [1.29, 1.82) is 0 Å². The van der Waals surface area contributed by atoms with E-state index in [1.165, 1.54) is 12.5 Å². The first-order chi connectivity index (χ1) is 13.1. The number of rotatable bonds is 5. The van der Waals surface area contributed by atoms with Crippen LogP contribution in [0.1, 0.15) is 42.1 Å². The summed E-state index contributed by atoms with van der Waals surface area (Å²) in [5, 5.41) is 10.4. The number of anilines is 1. The fraction of sp³-hybridized carbons (Fsp3) is 0.429. The molecule has 1 aliphatic heterocycles. The summed E-state index contributed by atoms with van der Waals surface area (Å²) in [5.74, 6) is -0.0324. The zero-order chi connectivity index (χ0) is 18.9. The predicted octanol–water partition coefficient (Wildman–Crippen LogP) is 3.91. The molecule has 2 aromatic rings. The molecule has 1 saturated heterocycles. The van der Waals surface area contributed by atoms with E-state index in [4.69, 9.17) is 0 Å². The first kappa shape index (κ1) is 20.8. The fourth-order valence-electron chi connectivity index (χ4n) is 4.20. The maximum atomic E-state index is 13.3. The number of carbonyl (C=O) groups is 2. The summed E-state index contributed by atoms with van der Waals surface area (Å²) in [4.78, 5) is 26.6. The molecule has 4 rings (SSSR count). The Bertz CT molecular complexity index is 817. The van der Waals surface area contributed by atoms with Crippen LogP contribution in [-0.4, -0.2) is 35.8 Å². The number of halogens is 1. The van der Waals surface area contributed by atoms with Crippen LogP contribution in [0.2, 0.25) is 0 Å². The molecule has 1 spiro atoms. The second-order valence-corrected chi connectivity index (χ2v) is 8.44. The molecule has 0 bridgehead atoms. The first-order valence-electron chi connectivity index (χ1n) is 9.48. The van der Waals surface area contributed by atoms with Crippen molar-refractivity contribution in [1.82, 2.24) is 10.2 Å². The summed E-state index contributed by atoms with van der Waals surface area (Å²) in [6, 6.07) is 9.64. The van der Waals surface area contributed by atoms with Gasteiger partial charge in [-0.25, -0.2) is 0 Å². The number of nitrogens with one attached hydrogen (secondary N) is 2. The molecule has 28 heavy (non-hydrogen) atoms. The van der Waals surface area contributed by atoms with Gasteiger partial charge in [0.25, 0.3) is 5.91 Å². The third-order valence-electron chi connectivity index (χ3n) is 5.77. The predicted molar refractivity (Wildman–Crippen MR) is 115 cm³/mol. The van der Waals surface area contributed by atoms with Gasteiger partial charge in [-0.3, -0.25) is 9.59 Å². The van der Waals surface area contributed by atoms with Crippen LogP contribution in [0, 0.1) is 5.41 Å². The SMILES string of the molecule is CC(=O)Nc1ccc(C(=O)N(Cc2ccsc2)C2CC23CCNCC3)cc1.Cl. The van der Waals surface area contributed by atoms with Gasteiger partial charge < -0.3 is 15.5 Å². The topological polar surface area (TPSA) is 61.4 Å². The lowest BCUT2D eigenvalue weighted by Gasteiger charge is -2.29. The Morgan fingerprint density at radius 1 is 1.21 bits per heavy atom. The van der Waals surface area contributed by atoms with Crippen LogP contribution in [-0.2, 0) is 11.3 Å². The number of nitrogens with zero attached hydrogens (tertiary/aromatic N) is 1. The van der Waals surface area contributed by atoms with Gasteiger partial charge in [-0.15, -0.1) is 12.4 Å². The number of hydrogen-bond donors (Lipinski definition) is 2. The van der Waals surface area contributed by atoms with Crippen molar-refractivity contribution in [3.8, 4) is 0 Å². The van der Waals surface area contributed by atoms with Crippen molar-refractivity contribution in [2.24, 2.45) is 5.41 Å². The van der Waals surface area contributed by atoms with E-state index in [0.717, 1.165) is 32.4 Å². The Labute approximate surface area is 175 Å². The van der Waals surface area contributed by atoms with Gasteiger partial charge in [0.2, 0.25) is 5.91 Å². The third kappa shape index (κ3) is 4.40. The van der Waals surface area contributed by atoms with Gasteiger partial charge in [-0.2, -0.15) is 11.3 Å². The molecular formula is C21H26ClN3O2S. The van der Waals surface area contributed by atoms with Crippen LogP contribution in [0.3, 0.4) is 0 Å². The third-order valence-corrected chi connectivity index (χ3v) is 6.50. The molecular weight excluding hydrogens is 394 g/mol. The van der Waals surface area contributed by atoms with Crippen molar-refractivity contribution in [3.63, 3.8) is 0 Å². The molecule has 2 fully saturated rings. The number of benzene rings is 1. The molecule has 2 heterocycles. The molecule has 1 aromatic heterocycles. The monoisotopic (exact) mass is 419 g/mol. The van der Waals surface area contributed by atoms with Crippen LogP contribution in [0.15, 0.2) is 41.1 Å². The Morgan fingerprint density at radius 3 is 2.54 bits per heavy atom. The molecule has 7 heteroatoms. The molecule has 150 valence electrons. The highest BCUT2D eigenvalue weighted by molar-refractivity contribution is 7.07. The minimum Gasteiger partial charge on any atom is -0.331 e. The average molecular weight is 420 g/mol. The van der Waals surface area contributed by atoms with Crippen LogP contribution in [0.25, 0.3) is 0 Å². The molecule has 2 aliphatic rings. The van der Waals surface area contributed by atoms with Crippen LogP contribution in [0.5, 0.6) is 0 Å². The standard InChI is InChI=1S/C21H25N3O2S.ClH/c1-15(25)23-18-4-2-17(3-5-18)20(26)24(13-16-6-11-27-14-16)19-12-21(19)7-9-22-10-8-21;/h2-6,11,14,19,22H,7-10,12-13H2,1H3,(H,23,25);1H. The van der Waals surface area contributed by atoms with Crippen LogP contribution >= 0.6 is 23.7 Å². The van der Waals surface area contributed by atoms with Crippen molar-refractivity contribution in [2.75, 3.05) is 18.4 Å². The quantitative estimate of drug-likeness (QED) is 0.772. The van der Waals surface area contributed by atoms with Gasteiger partial charge in [-0.1, -0.05) is 0 Å². The summed E-state index contributed by atoms with van der Waals surface area (Å²) in [6.45, 7) is 4.23. The maximum absolute atomic E-state index is 13.3. The maximum Gasteiger partial charge on any atom is 0.254 e. The average Bonchev–Trinajstić information content (AvgIpc) is 3.09. The second-order valence-electron chi connectivity index (χ2n) is 7.66. The van der Waals surface area contributed by atoms with Gasteiger partial charge in [-0.05, 0) is 84.4 Å². The molecule has 2 amide bonds. The van der Waals surface area contributed by atoms with Crippen LogP contribution in [0.4, 0.5) is 5.69 Å². The number of carbonyl (C=O) groups excluding carboxylic acids is 2. The van der Waals surface area contributed by atoms with Gasteiger partial charge >= 0.3 is 0 Å². The molecule has 1 unspecified atom stereocenters. The van der Waals surface area contributed by atoms with E-state index in [0.29, 0.717) is 29.3 Å². The summed E-state index contributed by atoms with van der Waals surface area (Å²) in [5.41, 5.74) is 2.88. The Balaban J connectivity index is 0.00000225. The zero-order valence-electron chi connectivity index (χ0n) is 15.9. The van der Waals surface area contributed by atoms with Crippen molar-refractivity contribution in [3.05, 3.63) is 52.2 Å². The lowest BCUT2D eigenvalue weighted by Crippen LogP contribution is -2.39. The van der Waals surface area contributed by atoms with Crippen molar-refractivity contribution in [2.45, 2.75) is 38.8 Å². The highest BCUT2D eigenvalue weighted by Crippen LogP contribution is 2.56. The highest BCUT2D eigenvalue weighted by Gasteiger charge is 2.57. The summed E-state index contributed by atoms with van der Waals surface area (Å²) in [6.07, 6.45) is 3.40. The zero-order valence-corrected chi connectivity index (χ0v) is 17.6. The minimum absolute atomic E-state index is 0. The molecule has 1 saturated carbocycles. The lowest BCUT2D eigenvalue weighted by molar-refractivity contribution is -0.114. The summed E-state index contributed by atoms with van der Waals surface area (Å²) in [7, 11) is 0. The molecule has 0 radical (unpaired) electrons. The number of hydrogen-bond acceptors (Lipinski definition) is 4. The lowest BCUT2D eigenvalue weighted by atomic mass is 9.93. The summed E-state index contributed by atoms with van der Waals surface area (Å²) < 4.78 is 0. The first-order valence-corrected chi connectivity index (χ1v) is 10.4. The second kappa shape index (κ2) is 8.64. The van der Waals surface area contributed by atoms with Gasteiger partial charge in [0.1, 0.15) is 0 Å². The number of piperidine rings is 1. The van der Waals surface area contributed by atoms with E-state index in [2.05, 4.69) is 32.4 Å². The molecule has 2 N–H and O–H groups in total. The number of amides is 2. The van der Waals surface area contributed by atoms with Crippen molar-refractivity contribution >= 4 is 41.2 Å². The molecule has 1 atom stereocenters. The molecule has 1 aliphatic carbocycles. The Kier molecular flexibility index (Phi) is 6.43. The van der Waals surface area contributed by atoms with E-state index in [1.807, 2.05) is 12.1 Å². The van der Waals surface area contributed by atoms with E-state index in [-0.39, 0.29) is 24.2 Å². The minimum atomic E-state index is -0.112. The number of thiophene rings is 1. The highest BCUT2D eigenvalue weighted by atomic mass is 35.5. The largest absolute Gasteiger partial charge is 0.331 e. The van der Waals surface area contributed by atoms with E-state index in [1.54, 1.807) is 23.5 Å². The smallest absolute Gasteiger partial charge is 0.254 e. The van der Waals surface area contributed by atoms with Gasteiger partial charge in [0, 0.05) is 30.8 Å².